The minimum absolute atomic E-state index is 0.205. The van der Waals surface area contributed by atoms with Crippen LogP contribution in [0.1, 0.15) is 21.6 Å². The van der Waals surface area contributed by atoms with Gasteiger partial charge in [0, 0.05) is 30.5 Å². The number of anilines is 1. The summed E-state index contributed by atoms with van der Waals surface area (Å²) in [6.45, 7) is 6.00. The zero-order valence-corrected chi connectivity index (χ0v) is 17.9. The number of aromatic amines is 1. The minimum Gasteiger partial charge on any atom is -0.346 e. The minimum atomic E-state index is -0.205. The molecule has 0 unspecified atom stereocenters. The summed E-state index contributed by atoms with van der Waals surface area (Å²) in [4.78, 5) is 14.9. The van der Waals surface area contributed by atoms with E-state index in [1.165, 1.54) is 11.1 Å². The van der Waals surface area contributed by atoms with Crippen LogP contribution in [0.4, 0.5) is 5.69 Å². The van der Waals surface area contributed by atoms with E-state index in [1.54, 1.807) is 6.07 Å². The third-order valence-corrected chi connectivity index (χ3v) is 5.45. The van der Waals surface area contributed by atoms with E-state index in [1.807, 2.05) is 24.3 Å². The van der Waals surface area contributed by atoms with Crippen molar-refractivity contribution in [3.63, 3.8) is 0 Å². The quantitative estimate of drug-likeness (QED) is 0.501. The van der Waals surface area contributed by atoms with E-state index >= 15 is 0 Å². The van der Waals surface area contributed by atoms with Gasteiger partial charge in [0.25, 0.3) is 5.91 Å². The Hall–Kier alpha value is -3.38. The van der Waals surface area contributed by atoms with Gasteiger partial charge in [-0.15, -0.1) is 0 Å². The second kappa shape index (κ2) is 8.16. The van der Waals surface area contributed by atoms with Crippen LogP contribution in [-0.2, 0) is 6.54 Å². The molecule has 1 amide bonds. The van der Waals surface area contributed by atoms with Crippen LogP contribution >= 0.6 is 0 Å². The Kier molecular flexibility index (Phi) is 5.42. The number of H-pyrrole nitrogens is 1. The van der Waals surface area contributed by atoms with Crippen LogP contribution < -0.4 is 5.32 Å². The number of nitrogens with zero attached hydrogens (tertiary/aromatic N) is 3. The van der Waals surface area contributed by atoms with E-state index in [0.717, 1.165) is 40.9 Å². The average Bonchev–Trinajstić information content (AvgIpc) is 3.36. The maximum absolute atomic E-state index is 12.8. The summed E-state index contributed by atoms with van der Waals surface area (Å²) in [6.07, 6.45) is 2.09. The standard InChI is InChI=1S/C24H27N5O/c1-16-5-6-19(13-17(16)2)21-15-22(27-26-21)24(30)25-20-8-7-18-9-10-29(23(18)14-20)12-11-28(3)4/h5-10,13-15H,11-12H2,1-4H3,(H,25,30)(H,26,27). The molecule has 4 aromatic rings. The number of likely N-dealkylation sites (N-methyl/N-ethyl adjacent to an activating group) is 1. The molecule has 0 saturated carbocycles. The zero-order valence-electron chi connectivity index (χ0n) is 17.9. The fraction of sp³-hybridized carbons (Fsp3) is 0.250. The van der Waals surface area contributed by atoms with E-state index in [0.29, 0.717) is 5.69 Å². The highest BCUT2D eigenvalue weighted by molar-refractivity contribution is 6.04. The first-order valence-corrected chi connectivity index (χ1v) is 10.1. The Morgan fingerprint density at radius 3 is 2.67 bits per heavy atom. The maximum atomic E-state index is 12.8. The van der Waals surface area contributed by atoms with E-state index in [9.17, 15) is 4.79 Å². The smallest absolute Gasteiger partial charge is 0.273 e. The summed E-state index contributed by atoms with van der Waals surface area (Å²) in [5, 5.41) is 11.3. The Morgan fingerprint density at radius 2 is 1.90 bits per heavy atom. The molecule has 0 fully saturated rings. The number of hydrogen-bond donors (Lipinski definition) is 2. The molecule has 30 heavy (non-hydrogen) atoms. The first kappa shape index (κ1) is 19.9. The first-order chi connectivity index (χ1) is 14.4. The molecule has 0 aliphatic heterocycles. The lowest BCUT2D eigenvalue weighted by Crippen LogP contribution is -2.18. The van der Waals surface area contributed by atoms with Crippen molar-refractivity contribution in [2.45, 2.75) is 20.4 Å². The van der Waals surface area contributed by atoms with Gasteiger partial charge in [0.1, 0.15) is 5.69 Å². The molecule has 2 aromatic heterocycles. The number of rotatable bonds is 6. The number of carbonyl (C=O) groups is 1. The van der Waals surface area contributed by atoms with Crippen molar-refractivity contribution >= 4 is 22.5 Å². The average molecular weight is 402 g/mol. The number of aryl methyl sites for hydroxylation is 2. The van der Waals surface area contributed by atoms with Crippen molar-refractivity contribution in [1.29, 1.82) is 0 Å². The van der Waals surface area contributed by atoms with Crippen molar-refractivity contribution in [2.75, 3.05) is 26.0 Å². The Labute approximate surface area is 176 Å². The summed E-state index contributed by atoms with van der Waals surface area (Å²) in [6, 6.07) is 16.0. The van der Waals surface area contributed by atoms with Crippen LogP contribution in [-0.4, -0.2) is 46.2 Å². The molecule has 2 heterocycles. The van der Waals surface area contributed by atoms with Gasteiger partial charge in [-0.05, 0) is 74.8 Å². The highest BCUT2D eigenvalue weighted by Crippen LogP contribution is 2.23. The van der Waals surface area contributed by atoms with Crippen molar-refractivity contribution in [3.8, 4) is 11.3 Å². The number of fused-ring (bicyclic) bond motifs is 1. The number of amides is 1. The van der Waals surface area contributed by atoms with Gasteiger partial charge >= 0.3 is 0 Å². The molecular weight excluding hydrogens is 374 g/mol. The fourth-order valence-corrected chi connectivity index (χ4v) is 3.45. The van der Waals surface area contributed by atoms with Crippen LogP contribution in [0.15, 0.2) is 54.7 Å². The van der Waals surface area contributed by atoms with Gasteiger partial charge in [0.15, 0.2) is 0 Å². The van der Waals surface area contributed by atoms with Crippen molar-refractivity contribution in [1.82, 2.24) is 19.7 Å². The molecule has 0 bridgehead atoms. The molecule has 0 radical (unpaired) electrons. The summed E-state index contributed by atoms with van der Waals surface area (Å²) in [7, 11) is 4.13. The summed E-state index contributed by atoms with van der Waals surface area (Å²) >= 11 is 0. The van der Waals surface area contributed by atoms with Crippen LogP contribution in [0.25, 0.3) is 22.2 Å². The molecule has 0 spiro atoms. The third kappa shape index (κ3) is 4.14. The molecule has 0 aliphatic carbocycles. The van der Waals surface area contributed by atoms with Crippen LogP contribution in [0, 0.1) is 13.8 Å². The number of carbonyl (C=O) groups excluding carboxylic acids is 1. The highest BCUT2D eigenvalue weighted by atomic mass is 16.1. The topological polar surface area (TPSA) is 66.0 Å². The van der Waals surface area contributed by atoms with E-state index in [-0.39, 0.29) is 5.91 Å². The van der Waals surface area contributed by atoms with Gasteiger partial charge in [-0.25, -0.2) is 0 Å². The molecule has 6 heteroatoms. The molecule has 2 aromatic carbocycles. The zero-order chi connectivity index (χ0) is 21.3. The van der Waals surface area contributed by atoms with E-state index in [4.69, 9.17) is 0 Å². The van der Waals surface area contributed by atoms with Gasteiger partial charge in [-0.1, -0.05) is 18.2 Å². The van der Waals surface area contributed by atoms with Gasteiger partial charge in [0.05, 0.1) is 11.2 Å². The molecule has 0 atom stereocenters. The summed E-state index contributed by atoms with van der Waals surface area (Å²) in [5.74, 6) is -0.205. The highest BCUT2D eigenvalue weighted by Gasteiger charge is 2.13. The molecular formula is C24H27N5O. The lowest BCUT2D eigenvalue weighted by atomic mass is 10.0. The SMILES string of the molecule is Cc1ccc(-c2cc(C(=O)Nc3ccc4ccn(CCN(C)C)c4c3)[nH]n2)cc1C. The number of hydrogen-bond acceptors (Lipinski definition) is 3. The third-order valence-electron chi connectivity index (χ3n) is 5.45. The molecule has 154 valence electrons. The normalized spacial score (nSPS) is 11.4. The monoisotopic (exact) mass is 401 g/mol. The van der Waals surface area contributed by atoms with E-state index < -0.39 is 0 Å². The van der Waals surface area contributed by atoms with Gasteiger partial charge in [-0.2, -0.15) is 5.10 Å². The largest absolute Gasteiger partial charge is 0.346 e. The number of benzene rings is 2. The van der Waals surface area contributed by atoms with Crippen LogP contribution in [0.2, 0.25) is 0 Å². The summed E-state index contributed by atoms with van der Waals surface area (Å²) < 4.78 is 2.21. The molecule has 0 aliphatic rings. The van der Waals surface area contributed by atoms with E-state index in [2.05, 4.69) is 77.3 Å². The second-order valence-corrected chi connectivity index (χ2v) is 8.01. The molecule has 6 nitrogen and oxygen atoms in total. The predicted octanol–water partition coefficient (Wildman–Crippen LogP) is 4.46. The fourth-order valence-electron chi connectivity index (χ4n) is 3.45. The lowest BCUT2D eigenvalue weighted by Gasteiger charge is -2.12. The molecule has 0 saturated heterocycles. The van der Waals surface area contributed by atoms with Gasteiger partial charge in [-0.3, -0.25) is 9.89 Å². The Balaban J connectivity index is 1.52. The first-order valence-electron chi connectivity index (χ1n) is 10.1. The van der Waals surface area contributed by atoms with Crippen LogP contribution in [0.5, 0.6) is 0 Å². The van der Waals surface area contributed by atoms with Gasteiger partial charge in [0.2, 0.25) is 0 Å². The van der Waals surface area contributed by atoms with Crippen molar-refractivity contribution in [2.24, 2.45) is 0 Å². The Morgan fingerprint density at radius 1 is 1.07 bits per heavy atom. The predicted molar refractivity (Wildman–Crippen MR) is 122 cm³/mol. The lowest BCUT2D eigenvalue weighted by molar-refractivity contribution is 0.102. The maximum Gasteiger partial charge on any atom is 0.273 e. The Bertz CT molecular complexity index is 1200. The summed E-state index contributed by atoms with van der Waals surface area (Å²) in [5.41, 5.74) is 6.50. The number of nitrogens with one attached hydrogen (secondary N) is 2. The van der Waals surface area contributed by atoms with Crippen molar-refractivity contribution in [3.05, 3.63) is 71.5 Å². The molecule has 2 N–H and O–H groups in total. The van der Waals surface area contributed by atoms with Crippen molar-refractivity contribution < 1.29 is 4.79 Å². The molecule has 4 rings (SSSR count). The van der Waals surface area contributed by atoms with Gasteiger partial charge < -0.3 is 14.8 Å². The second-order valence-electron chi connectivity index (χ2n) is 8.01. The number of aromatic nitrogens is 3. The van der Waals surface area contributed by atoms with Crippen LogP contribution in [0.3, 0.4) is 0 Å².